The molecule has 0 heterocycles. The molecule has 1 saturated carbocycles. The van der Waals surface area contributed by atoms with E-state index in [0.717, 1.165) is 25.0 Å². The number of methoxy groups -OCH3 is 1. The van der Waals surface area contributed by atoms with Crippen molar-refractivity contribution in [2.45, 2.75) is 25.1 Å². The molecule has 0 aromatic heterocycles. The molecule has 0 bridgehead atoms. The van der Waals surface area contributed by atoms with Gasteiger partial charge < -0.3 is 9.64 Å². The molecule has 1 aromatic rings. The molecule has 0 N–H and O–H groups in total. The summed E-state index contributed by atoms with van der Waals surface area (Å²) < 4.78 is 43.0. The van der Waals surface area contributed by atoms with Crippen LogP contribution in [0.15, 0.2) is 18.2 Å². The summed E-state index contributed by atoms with van der Waals surface area (Å²) in [5, 5.41) is 9.11. The Balaban J connectivity index is 2.32. The summed E-state index contributed by atoms with van der Waals surface area (Å²) in [4.78, 5) is 1.96. The Morgan fingerprint density at radius 1 is 1.40 bits per heavy atom. The summed E-state index contributed by atoms with van der Waals surface area (Å²) in [5.41, 5.74) is -0.178. The number of alkyl halides is 3. The number of rotatable bonds is 5. The zero-order valence-corrected chi connectivity index (χ0v) is 11.1. The molecule has 1 fully saturated rings. The molecular formula is C14H15F3N2O. The van der Waals surface area contributed by atoms with Gasteiger partial charge in [0, 0.05) is 19.7 Å². The second-order valence-corrected chi connectivity index (χ2v) is 4.76. The highest BCUT2D eigenvalue weighted by molar-refractivity contribution is 5.62. The first-order chi connectivity index (χ1) is 9.47. The first kappa shape index (κ1) is 14.7. The van der Waals surface area contributed by atoms with Crippen LogP contribution in [0.2, 0.25) is 0 Å². The number of hydrogen-bond acceptors (Lipinski definition) is 3. The van der Waals surface area contributed by atoms with E-state index in [-0.39, 0.29) is 5.56 Å². The van der Waals surface area contributed by atoms with E-state index in [1.807, 2.05) is 11.0 Å². The minimum Gasteiger partial charge on any atom is -0.383 e. The highest BCUT2D eigenvalue weighted by atomic mass is 19.4. The van der Waals surface area contributed by atoms with E-state index in [0.29, 0.717) is 24.9 Å². The van der Waals surface area contributed by atoms with Gasteiger partial charge in [-0.25, -0.2) is 0 Å². The first-order valence-corrected chi connectivity index (χ1v) is 6.34. The second kappa shape index (κ2) is 5.71. The monoisotopic (exact) mass is 284 g/mol. The standard InChI is InChI=1S/C14H15F3N2O/c1-20-7-6-19(12-3-4-12)13-5-2-11(14(15,16)17)8-10(13)9-18/h2,5,8,12H,3-4,6-7H2,1H3. The number of nitriles is 1. The van der Waals surface area contributed by atoms with Crippen molar-refractivity contribution in [1.82, 2.24) is 0 Å². The van der Waals surface area contributed by atoms with Gasteiger partial charge >= 0.3 is 6.18 Å². The Bertz CT molecular complexity index is 518. The summed E-state index contributed by atoms with van der Waals surface area (Å²) in [6.07, 6.45) is -2.44. The number of benzene rings is 1. The van der Waals surface area contributed by atoms with Crippen molar-refractivity contribution >= 4 is 5.69 Å². The minimum absolute atomic E-state index is 0.0582. The molecular weight excluding hydrogens is 269 g/mol. The zero-order valence-electron chi connectivity index (χ0n) is 11.1. The fraction of sp³-hybridized carbons (Fsp3) is 0.500. The number of nitrogens with zero attached hydrogens (tertiary/aromatic N) is 2. The Morgan fingerprint density at radius 2 is 2.10 bits per heavy atom. The summed E-state index contributed by atoms with van der Waals surface area (Å²) >= 11 is 0. The predicted molar refractivity (Wildman–Crippen MR) is 68.4 cm³/mol. The lowest BCUT2D eigenvalue weighted by Crippen LogP contribution is -2.30. The van der Waals surface area contributed by atoms with Crippen LogP contribution in [0, 0.1) is 11.3 Å². The summed E-state index contributed by atoms with van der Waals surface area (Å²) in [6, 6.07) is 5.49. The SMILES string of the molecule is COCCN(c1ccc(C(F)(F)F)cc1C#N)C1CC1. The van der Waals surface area contributed by atoms with Gasteiger partial charge in [0.25, 0.3) is 0 Å². The lowest BCUT2D eigenvalue weighted by atomic mass is 10.1. The van der Waals surface area contributed by atoms with Gasteiger partial charge in [-0.15, -0.1) is 0 Å². The van der Waals surface area contributed by atoms with E-state index >= 15 is 0 Å². The molecule has 1 aliphatic rings. The maximum Gasteiger partial charge on any atom is 0.416 e. The van der Waals surface area contributed by atoms with E-state index in [4.69, 9.17) is 10.00 Å². The van der Waals surface area contributed by atoms with E-state index in [2.05, 4.69) is 0 Å². The van der Waals surface area contributed by atoms with Crippen LogP contribution < -0.4 is 4.90 Å². The molecule has 108 valence electrons. The molecule has 2 rings (SSSR count). The van der Waals surface area contributed by atoms with E-state index in [1.54, 1.807) is 7.11 Å². The van der Waals surface area contributed by atoms with Gasteiger partial charge in [-0.1, -0.05) is 0 Å². The van der Waals surface area contributed by atoms with Gasteiger partial charge in [0.1, 0.15) is 6.07 Å². The fourth-order valence-electron chi connectivity index (χ4n) is 2.13. The molecule has 0 unspecified atom stereocenters. The molecule has 0 spiro atoms. The first-order valence-electron chi connectivity index (χ1n) is 6.34. The molecule has 3 nitrogen and oxygen atoms in total. The van der Waals surface area contributed by atoms with Gasteiger partial charge in [-0.2, -0.15) is 18.4 Å². The van der Waals surface area contributed by atoms with Crippen LogP contribution in [0.5, 0.6) is 0 Å². The van der Waals surface area contributed by atoms with Crippen molar-refractivity contribution in [2.75, 3.05) is 25.2 Å². The third kappa shape index (κ3) is 3.23. The fourth-order valence-corrected chi connectivity index (χ4v) is 2.13. The van der Waals surface area contributed by atoms with Crippen molar-refractivity contribution in [3.63, 3.8) is 0 Å². The maximum absolute atomic E-state index is 12.7. The highest BCUT2D eigenvalue weighted by Gasteiger charge is 2.34. The topological polar surface area (TPSA) is 36.3 Å². The molecule has 1 aromatic carbocycles. The number of halogens is 3. The molecule has 6 heteroatoms. The number of hydrogen-bond donors (Lipinski definition) is 0. The lowest BCUT2D eigenvalue weighted by Gasteiger charge is -2.25. The Hall–Kier alpha value is -1.74. The molecule has 0 radical (unpaired) electrons. The van der Waals surface area contributed by atoms with Crippen molar-refractivity contribution in [1.29, 1.82) is 5.26 Å². The molecule has 1 aliphatic carbocycles. The normalized spacial score (nSPS) is 14.9. The van der Waals surface area contributed by atoms with Gasteiger partial charge in [-0.3, -0.25) is 0 Å². The summed E-state index contributed by atoms with van der Waals surface area (Å²) in [6.45, 7) is 1.05. The average Bonchev–Trinajstić information content (AvgIpc) is 3.22. The third-order valence-corrected chi connectivity index (χ3v) is 3.28. The van der Waals surface area contributed by atoms with Crippen LogP contribution >= 0.6 is 0 Å². The van der Waals surface area contributed by atoms with Crippen LogP contribution in [0.4, 0.5) is 18.9 Å². The Morgan fingerprint density at radius 3 is 2.60 bits per heavy atom. The van der Waals surface area contributed by atoms with Crippen molar-refractivity contribution in [3.8, 4) is 6.07 Å². The van der Waals surface area contributed by atoms with Gasteiger partial charge in [0.2, 0.25) is 0 Å². The van der Waals surface area contributed by atoms with Crippen LogP contribution in [0.1, 0.15) is 24.0 Å². The zero-order chi connectivity index (χ0) is 14.8. The van der Waals surface area contributed by atoms with Crippen molar-refractivity contribution in [2.24, 2.45) is 0 Å². The number of ether oxygens (including phenoxy) is 1. The largest absolute Gasteiger partial charge is 0.416 e. The van der Waals surface area contributed by atoms with Gasteiger partial charge in [0.05, 0.1) is 23.4 Å². The van der Waals surface area contributed by atoms with E-state index in [9.17, 15) is 13.2 Å². The molecule has 0 aliphatic heterocycles. The Kier molecular flexibility index (Phi) is 4.19. The molecule has 0 atom stereocenters. The molecule has 20 heavy (non-hydrogen) atoms. The quantitative estimate of drug-likeness (QED) is 0.833. The smallest absolute Gasteiger partial charge is 0.383 e. The third-order valence-electron chi connectivity index (χ3n) is 3.28. The lowest BCUT2D eigenvalue weighted by molar-refractivity contribution is -0.137. The van der Waals surface area contributed by atoms with Crippen LogP contribution in [-0.2, 0) is 10.9 Å². The van der Waals surface area contributed by atoms with E-state index < -0.39 is 11.7 Å². The molecule has 0 amide bonds. The maximum atomic E-state index is 12.7. The van der Waals surface area contributed by atoms with Crippen LogP contribution in [0.3, 0.4) is 0 Å². The van der Waals surface area contributed by atoms with Crippen molar-refractivity contribution in [3.05, 3.63) is 29.3 Å². The predicted octanol–water partition coefficient (Wildman–Crippen LogP) is 3.19. The summed E-state index contributed by atoms with van der Waals surface area (Å²) in [7, 11) is 1.57. The van der Waals surface area contributed by atoms with Crippen molar-refractivity contribution < 1.29 is 17.9 Å². The van der Waals surface area contributed by atoms with E-state index in [1.165, 1.54) is 6.07 Å². The highest BCUT2D eigenvalue weighted by Crippen LogP contribution is 2.36. The average molecular weight is 284 g/mol. The van der Waals surface area contributed by atoms with Crippen LogP contribution in [0.25, 0.3) is 0 Å². The Labute approximate surface area is 115 Å². The van der Waals surface area contributed by atoms with Gasteiger partial charge in [-0.05, 0) is 31.0 Å². The summed E-state index contributed by atoms with van der Waals surface area (Å²) in [5.74, 6) is 0. The second-order valence-electron chi connectivity index (χ2n) is 4.76. The number of anilines is 1. The minimum atomic E-state index is -4.43. The van der Waals surface area contributed by atoms with Crippen LogP contribution in [-0.4, -0.2) is 26.3 Å². The van der Waals surface area contributed by atoms with Gasteiger partial charge in [0.15, 0.2) is 0 Å². The molecule has 0 saturated heterocycles.